The van der Waals surface area contributed by atoms with Crippen molar-refractivity contribution in [2.24, 2.45) is 0 Å². The number of para-hydroxylation sites is 1. The van der Waals surface area contributed by atoms with Crippen molar-refractivity contribution in [2.75, 3.05) is 0 Å². The minimum atomic E-state index is -0.539. The van der Waals surface area contributed by atoms with Gasteiger partial charge in [-0.1, -0.05) is 32.0 Å². The summed E-state index contributed by atoms with van der Waals surface area (Å²) < 4.78 is 7.82. The summed E-state index contributed by atoms with van der Waals surface area (Å²) in [5.74, 6) is 0.713. The third-order valence-electron chi connectivity index (χ3n) is 3.72. The SMILES string of the molecule is CCC(CC)n1ccc(COc2ccccc2[C@@H](C)O)n1. The number of hydrogen-bond acceptors (Lipinski definition) is 3. The highest BCUT2D eigenvalue weighted by atomic mass is 16.5. The zero-order chi connectivity index (χ0) is 15.2. The Kier molecular flexibility index (Phi) is 5.39. The Bertz CT molecular complexity index is 559. The quantitative estimate of drug-likeness (QED) is 0.841. The van der Waals surface area contributed by atoms with Gasteiger partial charge in [0.1, 0.15) is 12.4 Å². The van der Waals surface area contributed by atoms with Gasteiger partial charge in [0.15, 0.2) is 0 Å². The monoisotopic (exact) mass is 288 g/mol. The van der Waals surface area contributed by atoms with E-state index in [1.54, 1.807) is 6.92 Å². The average molecular weight is 288 g/mol. The van der Waals surface area contributed by atoms with Crippen molar-refractivity contribution in [1.29, 1.82) is 0 Å². The molecular formula is C17H24N2O2. The van der Waals surface area contributed by atoms with Crippen molar-refractivity contribution in [1.82, 2.24) is 9.78 Å². The molecule has 4 heteroatoms. The number of rotatable bonds is 7. The fraction of sp³-hybridized carbons (Fsp3) is 0.471. The predicted molar refractivity (Wildman–Crippen MR) is 83.3 cm³/mol. The summed E-state index contributed by atoms with van der Waals surface area (Å²) in [6, 6.07) is 10.00. The van der Waals surface area contributed by atoms with Crippen LogP contribution in [0.25, 0.3) is 0 Å². The van der Waals surface area contributed by atoms with Gasteiger partial charge >= 0.3 is 0 Å². The zero-order valence-electron chi connectivity index (χ0n) is 13.0. The first-order valence-electron chi connectivity index (χ1n) is 7.59. The maximum absolute atomic E-state index is 9.74. The molecule has 1 heterocycles. The molecule has 0 radical (unpaired) electrons. The summed E-state index contributed by atoms with van der Waals surface area (Å²) in [6.45, 7) is 6.50. The molecule has 0 amide bonds. The molecule has 0 saturated carbocycles. The number of aliphatic hydroxyl groups is 1. The predicted octanol–water partition coefficient (Wildman–Crippen LogP) is 3.88. The molecule has 1 aromatic carbocycles. The van der Waals surface area contributed by atoms with Crippen LogP contribution in [0.2, 0.25) is 0 Å². The van der Waals surface area contributed by atoms with E-state index in [2.05, 4.69) is 18.9 Å². The molecule has 2 aromatic rings. The fourth-order valence-electron chi connectivity index (χ4n) is 2.43. The summed E-state index contributed by atoms with van der Waals surface area (Å²) in [6.07, 6.45) is 3.62. The van der Waals surface area contributed by atoms with E-state index in [0.717, 1.165) is 24.1 Å². The normalized spacial score (nSPS) is 12.6. The molecular weight excluding hydrogens is 264 g/mol. The van der Waals surface area contributed by atoms with Gasteiger partial charge in [-0.2, -0.15) is 5.10 Å². The maximum atomic E-state index is 9.74. The molecule has 1 atom stereocenters. The van der Waals surface area contributed by atoms with E-state index < -0.39 is 6.10 Å². The molecule has 0 aliphatic heterocycles. The highest BCUT2D eigenvalue weighted by molar-refractivity contribution is 5.34. The van der Waals surface area contributed by atoms with E-state index in [1.165, 1.54) is 0 Å². The van der Waals surface area contributed by atoms with Gasteiger partial charge in [0.2, 0.25) is 0 Å². The van der Waals surface area contributed by atoms with Gasteiger partial charge in [-0.3, -0.25) is 4.68 Å². The third kappa shape index (κ3) is 3.85. The molecule has 0 aliphatic carbocycles. The Morgan fingerprint density at radius 2 is 1.90 bits per heavy atom. The molecule has 1 aromatic heterocycles. The smallest absolute Gasteiger partial charge is 0.132 e. The van der Waals surface area contributed by atoms with Crippen LogP contribution in [-0.4, -0.2) is 14.9 Å². The Morgan fingerprint density at radius 3 is 2.57 bits per heavy atom. The molecule has 0 unspecified atom stereocenters. The van der Waals surface area contributed by atoms with Gasteiger partial charge < -0.3 is 9.84 Å². The Labute approximate surface area is 126 Å². The zero-order valence-corrected chi connectivity index (χ0v) is 13.0. The van der Waals surface area contributed by atoms with Crippen molar-refractivity contribution in [3.05, 3.63) is 47.8 Å². The van der Waals surface area contributed by atoms with E-state index in [9.17, 15) is 5.11 Å². The number of hydrogen-bond donors (Lipinski definition) is 1. The van der Waals surface area contributed by atoms with Crippen LogP contribution in [0.4, 0.5) is 0 Å². The molecule has 21 heavy (non-hydrogen) atoms. The lowest BCUT2D eigenvalue weighted by molar-refractivity contribution is 0.189. The van der Waals surface area contributed by atoms with E-state index >= 15 is 0 Å². The summed E-state index contributed by atoms with van der Waals surface area (Å²) in [5.41, 5.74) is 1.71. The molecule has 4 nitrogen and oxygen atoms in total. The molecule has 0 spiro atoms. The largest absolute Gasteiger partial charge is 0.487 e. The van der Waals surface area contributed by atoms with Crippen molar-refractivity contribution < 1.29 is 9.84 Å². The van der Waals surface area contributed by atoms with Crippen molar-refractivity contribution in [2.45, 2.75) is 52.4 Å². The van der Waals surface area contributed by atoms with Crippen molar-refractivity contribution >= 4 is 0 Å². The van der Waals surface area contributed by atoms with Crippen LogP contribution in [0, 0.1) is 0 Å². The first kappa shape index (κ1) is 15.6. The number of benzene rings is 1. The van der Waals surface area contributed by atoms with Crippen LogP contribution in [0.1, 0.15) is 57.0 Å². The number of nitrogens with zero attached hydrogens (tertiary/aromatic N) is 2. The van der Waals surface area contributed by atoms with Gasteiger partial charge in [-0.15, -0.1) is 0 Å². The van der Waals surface area contributed by atoms with Crippen molar-refractivity contribution in [3.8, 4) is 5.75 Å². The van der Waals surface area contributed by atoms with Crippen LogP contribution in [0.3, 0.4) is 0 Å². The molecule has 0 fully saturated rings. The van der Waals surface area contributed by atoms with Crippen LogP contribution in [0.15, 0.2) is 36.5 Å². The average Bonchev–Trinajstić information content (AvgIpc) is 2.95. The van der Waals surface area contributed by atoms with Gasteiger partial charge in [0.05, 0.1) is 17.8 Å². The lowest BCUT2D eigenvalue weighted by atomic mass is 10.1. The first-order chi connectivity index (χ1) is 10.2. The van der Waals surface area contributed by atoms with Crippen LogP contribution < -0.4 is 4.74 Å². The van der Waals surface area contributed by atoms with Crippen LogP contribution >= 0.6 is 0 Å². The number of aliphatic hydroxyl groups excluding tert-OH is 1. The highest BCUT2D eigenvalue weighted by Gasteiger charge is 2.11. The minimum Gasteiger partial charge on any atom is -0.487 e. The topological polar surface area (TPSA) is 47.3 Å². The number of ether oxygens (including phenoxy) is 1. The molecule has 0 saturated heterocycles. The lowest BCUT2D eigenvalue weighted by Gasteiger charge is -2.13. The Balaban J connectivity index is 2.04. The number of aromatic nitrogens is 2. The second-order valence-electron chi connectivity index (χ2n) is 5.26. The van der Waals surface area contributed by atoms with E-state index in [4.69, 9.17) is 4.74 Å². The van der Waals surface area contributed by atoms with E-state index in [0.29, 0.717) is 18.4 Å². The Hall–Kier alpha value is -1.81. The highest BCUT2D eigenvalue weighted by Crippen LogP contribution is 2.25. The molecule has 114 valence electrons. The van der Waals surface area contributed by atoms with Gasteiger partial charge in [-0.25, -0.2) is 0 Å². The van der Waals surface area contributed by atoms with E-state index in [1.807, 2.05) is 41.2 Å². The summed E-state index contributed by atoms with van der Waals surface area (Å²) in [4.78, 5) is 0. The third-order valence-corrected chi connectivity index (χ3v) is 3.72. The standard InChI is InChI=1S/C17H24N2O2/c1-4-15(5-2)19-11-10-14(18-19)12-21-17-9-7-6-8-16(17)13(3)20/h6-11,13,15,20H,4-5,12H2,1-3H3/t13-/m1/s1. The first-order valence-corrected chi connectivity index (χ1v) is 7.59. The molecule has 2 rings (SSSR count). The second kappa shape index (κ2) is 7.27. The summed E-state index contributed by atoms with van der Waals surface area (Å²) in [5, 5.41) is 14.3. The van der Waals surface area contributed by atoms with Crippen molar-refractivity contribution in [3.63, 3.8) is 0 Å². The Morgan fingerprint density at radius 1 is 1.19 bits per heavy atom. The van der Waals surface area contributed by atoms with Crippen LogP contribution in [0.5, 0.6) is 5.75 Å². The van der Waals surface area contributed by atoms with Gasteiger partial charge in [0, 0.05) is 11.8 Å². The maximum Gasteiger partial charge on any atom is 0.132 e. The minimum absolute atomic E-state index is 0.414. The second-order valence-corrected chi connectivity index (χ2v) is 5.26. The molecule has 0 aliphatic rings. The molecule has 1 N–H and O–H groups in total. The summed E-state index contributed by atoms with van der Waals surface area (Å²) in [7, 11) is 0. The summed E-state index contributed by atoms with van der Waals surface area (Å²) >= 11 is 0. The van der Waals surface area contributed by atoms with E-state index in [-0.39, 0.29) is 0 Å². The van der Waals surface area contributed by atoms with Crippen LogP contribution in [-0.2, 0) is 6.61 Å². The lowest BCUT2D eigenvalue weighted by Crippen LogP contribution is -2.08. The van der Waals surface area contributed by atoms with Gasteiger partial charge in [0.25, 0.3) is 0 Å². The fourth-order valence-corrected chi connectivity index (χ4v) is 2.43. The molecule has 0 bridgehead atoms. The van der Waals surface area contributed by atoms with Gasteiger partial charge in [-0.05, 0) is 31.9 Å².